The molecule has 5 nitrogen and oxygen atoms in total. The van der Waals surface area contributed by atoms with Gasteiger partial charge in [0.1, 0.15) is 0 Å². The van der Waals surface area contributed by atoms with Crippen LogP contribution in [0, 0.1) is 0 Å². The third-order valence-electron chi connectivity index (χ3n) is 4.45. The third kappa shape index (κ3) is 3.48. The Hall–Kier alpha value is -1.27. The number of nitrogens with zero attached hydrogens (tertiary/aromatic N) is 3. The van der Waals surface area contributed by atoms with Gasteiger partial charge in [0, 0.05) is 29.5 Å². The van der Waals surface area contributed by atoms with Gasteiger partial charge in [-0.3, -0.25) is 5.32 Å². The highest BCUT2D eigenvalue weighted by molar-refractivity contribution is 7.11. The molecule has 1 aliphatic rings. The van der Waals surface area contributed by atoms with Gasteiger partial charge in [0.05, 0.1) is 10.5 Å². The van der Waals surface area contributed by atoms with Gasteiger partial charge in [-0.1, -0.05) is 45.7 Å². The molecule has 0 unspecified atom stereocenters. The highest BCUT2D eigenvalue weighted by Gasteiger charge is 2.39. The first-order chi connectivity index (χ1) is 10.9. The lowest BCUT2D eigenvalue weighted by Gasteiger charge is -2.26. The molecular formula is C17H26N4OS. The zero-order valence-corrected chi connectivity index (χ0v) is 15.3. The van der Waals surface area contributed by atoms with Gasteiger partial charge in [0.25, 0.3) is 0 Å². The summed E-state index contributed by atoms with van der Waals surface area (Å²) >= 11 is 1.79. The second-order valence-corrected chi connectivity index (χ2v) is 8.50. The molecule has 1 saturated carbocycles. The molecule has 0 atom stereocenters. The summed E-state index contributed by atoms with van der Waals surface area (Å²) in [4.78, 5) is 10.4. The largest absolute Gasteiger partial charge is 0.339 e. The Morgan fingerprint density at radius 2 is 2.04 bits per heavy atom. The Morgan fingerprint density at radius 3 is 2.61 bits per heavy atom. The Labute approximate surface area is 141 Å². The fourth-order valence-electron chi connectivity index (χ4n) is 3.04. The maximum absolute atomic E-state index is 5.34. The van der Waals surface area contributed by atoms with E-state index in [-0.39, 0.29) is 11.0 Å². The lowest BCUT2D eigenvalue weighted by molar-refractivity contribution is 0.297. The molecule has 2 aromatic rings. The van der Waals surface area contributed by atoms with Gasteiger partial charge in [0.2, 0.25) is 5.89 Å². The number of aromatic nitrogens is 3. The van der Waals surface area contributed by atoms with Crippen molar-refractivity contribution in [2.45, 2.75) is 77.3 Å². The lowest BCUT2D eigenvalue weighted by Crippen LogP contribution is -2.40. The molecule has 0 amide bonds. The van der Waals surface area contributed by atoms with E-state index in [0.29, 0.717) is 0 Å². The van der Waals surface area contributed by atoms with Crippen molar-refractivity contribution in [2.75, 3.05) is 0 Å². The number of nitrogens with one attached hydrogen (secondary N) is 1. The van der Waals surface area contributed by atoms with E-state index < -0.39 is 0 Å². The molecule has 0 saturated heterocycles. The summed E-state index contributed by atoms with van der Waals surface area (Å²) in [6, 6.07) is 0. The second kappa shape index (κ2) is 6.32. The number of hydrogen-bond donors (Lipinski definition) is 1. The van der Waals surface area contributed by atoms with Gasteiger partial charge in [-0.15, -0.1) is 11.3 Å². The molecule has 0 aliphatic heterocycles. The Bertz CT molecular complexity index is 650. The zero-order valence-electron chi connectivity index (χ0n) is 14.5. The van der Waals surface area contributed by atoms with Crippen LogP contribution in [0.4, 0.5) is 0 Å². The quantitative estimate of drug-likeness (QED) is 0.897. The van der Waals surface area contributed by atoms with Crippen molar-refractivity contribution in [3.8, 4) is 0 Å². The summed E-state index contributed by atoms with van der Waals surface area (Å²) < 4.78 is 5.34. The molecule has 1 fully saturated rings. The summed E-state index contributed by atoms with van der Waals surface area (Å²) in [6.07, 6.45) is 7.33. The topological polar surface area (TPSA) is 63.8 Å². The van der Waals surface area contributed by atoms with Crippen LogP contribution in [0.2, 0.25) is 0 Å². The summed E-state index contributed by atoms with van der Waals surface area (Å²) in [5, 5.41) is 9.14. The molecule has 0 spiro atoms. The van der Waals surface area contributed by atoms with Crippen LogP contribution in [-0.2, 0) is 23.9 Å². The molecule has 6 heteroatoms. The Kier molecular flexibility index (Phi) is 4.56. The van der Waals surface area contributed by atoms with Crippen LogP contribution in [0.25, 0.3) is 0 Å². The molecule has 126 valence electrons. The van der Waals surface area contributed by atoms with Gasteiger partial charge in [-0.2, -0.15) is 4.98 Å². The van der Waals surface area contributed by atoms with Gasteiger partial charge in [-0.05, 0) is 12.8 Å². The maximum atomic E-state index is 5.34. The lowest BCUT2D eigenvalue weighted by atomic mass is 9.96. The van der Waals surface area contributed by atoms with Crippen molar-refractivity contribution in [3.63, 3.8) is 0 Å². The van der Waals surface area contributed by atoms with E-state index in [1.807, 2.05) is 13.1 Å². The minimum Gasteiger partial charge on any atom is -0.339 e. The molecule has 23 heavy (non-hydrogen) atoms. The SMILES string of the molecule is CCc1nc(C2(NCc3cnc(C(C)(C)C)s3)CCCC2)no1. The molecule has 2 aromatic heterocycles. The summed E-state index contributed by atoms with van der Waals surface area (Å²) in [6.45, 7) is 9.45. The molecule has 3 rings (SSSR count). The van der Waals surface area contributed by atoms with E-state index in [9.17, 15) is 0 Å². The van der Waals surface area contributed by atoms with Crippen molar-refractivity contribution in [3.05, 3.63) is 27.8 Å². The first-order valence-electron chi connectivity index (χ1n) is 8.46. The fourth-order valence-corrected chi connectivity index (χ4v) is 3.95. The normalized spacial score (nSPS) is 17.7. The van der Waals surface area contributed by atoms with Crippen molar-refractivity contribution in [1.82, 2.24) is 20.4 Å². The third-order valence-corrected chi connectivity index (χ3v) is 5.87. The maximum Gasteiger partial charge on any atom is 0.226 e. The average molecular weight is 334 g/mol. The van der Waals surface area contributed by atoms with E-state index >= 15 is 0 Å². The molecular weight excluding hydrogens is 308 g/mol. The van der Waals surface area contributed by atoms with E-state index in [2.05, 4.69) is 41.2 Å². The number of aryl methyl sites for hydroxylation is 1. The molecule has 0 radical (unpaired) electrons. The Morgan fingerprint density at radius 1 is 1.30 bits per heavy atom. The average Bonchev–Trinajstić information content (AvgIpc) is 3.24. The standard InChI is InChI=1S/C17H26N4OS/c1-5-13-20-14(21-22-13)17(8-6-7-9-17)19-11-12-10-18-15(23-12)16(2,3)4/h10,19H,5-9,11H2,1-4H3. The van der Waals surface area contributed by atoms with Gasteiger partial charge in [-0.25, -0.2) is 4.98 Å². The molecule has 2 heterocycles. The summed E-state index contributed by atoms with van der Waals surface area (Å²) in [5.74, 6) is 1.55. The molecule has 0 bridgehead atoms. The number of rotatable bonds is 5. The van der Waals surface area contributed by atoms with Crippen molar-refractivity contribution in [1.29, 1.82) is 0 Å². The first kappa shape index (κ1) is 16.6. The van der Waals surface area contributed by atoms with Crippen molar-refractivity contribution < 1.29 is 4.52 Å². The van der Waals surface area contributed by atoms with Crippen LogP contribution in [0.15, 0.2) is 10.7 Å². The second-order valence-electron chi connectivity index (χ2n) is 7.39. The van der Waals surface area contributed by atoms with Gasteiger partial charge < -0.3 is 4.52 Å². The minimum atomic E-state index is -0.136. The molecule has 1 aliphatic carbocycles. The van der Waals surface area contributed by atoms with Crippen molar-refractivity contribution >= 4 is 11.3 Å². The van der Waals surface area contributed by atoms with Crippen molar-refractivity contribution in [2.24, 2.45) is 0 Å². The minimum absolute atomic E-state index is 0.109. The van der Waals surface area contributed by atoms with Gasteiger partial charge >= 0.3 is 0 Å². The monoisotopic (exact) mass is 334 g/mol. The van der Waals surface area contributed by atoms with E-state index in [1.54, 1.807) is 11.3 Å². The number of thiazole rings is 1. The Balaban J connectivity index is 1.74. The highest BCUT2D eigenvalue weighted by Crippen LogP contribution is 2.38. The van der Waals surface area contributed by atoms with Gasteiger partial charge in [0.15, 0.2) is 5.82 Å². The van der Waals surface area contributed by atoms with Crippen LogP contribution in [-0.4, -0.2) is 15.1 Å². The van der Waals surface area contributed by atoms with E-state index in [4.69, 9.17) is 4.52 Å². The predicted octanol–water partition coefficient (Wildman–Crippen LogP) is 3.95. The van der Waals surface area contributed by atoms with E-state index in [1.165, 1.54) is 22.7 Å². The first-order valence-corrected chi connectivity index (χ1v) is 9.28. The smallest absolute Gasteiger partial charge is 0.226 e. The predicted molar refractivity (Wildman–Crippen MR) is 91.5 cm³/mol. The molecule has 1 N–H and O–H groups in total. The summed E-state index contributed by atoms with van der Waals surface area (Å²) in [5.41, 5.74) is -0.0273. The van der Waals surface area contributed by atoms with Crippen LogP contribution < -0.4 is 5.32 Å². The van der Waals surface area contributed by atoms with Crippen LogP contribution in [0.1, 0.15) is 75.0 Å². The zero-order chi connectivity index (χ0) is 16.5. The van der Waals surface area contributed by atoms with Crippen LogP contribution in [0.5, 0.6) is 0 Å². The molecule has 0 aromatic carbocycles. The van der Waals surface area contributed by atoms with Crippen LogP contribution in [0.3, 0.4) is 0 Å². The number of hydrogen-bond acceptors (Lipinski definition) is 6. The van der Waals surface area contributed by atoms with Crippen LogP contribution >= 0.6 is 11.3 Å². The highest BCUT2D eigenvalue weighted by atomic mass is 32.1. The fraction of sp³-hybridized carbons (Fsp3) is 0.706. The summed E-state index contributed by atoms with van der Waals surface area (Å²) in [7, 11) is 0. The van der Waals surface area contributed by atoms with E-state index in [0.717, 1.165) is 37.5 Å².